The van der Waals surface area contributed by atoms with Gasteiger partial charge in [0.1, 0.15) is 17.5 Å². The van der Waals surface area contributed by atoms with Crippen molar-refractivity contribution in [3.8, 4) is 0 Å². The number of carbonyl (C=O) groups excluding carboxylic acids is 1. The molecule has 0 aliphatic heterocycles. The topological polar surface area (TPSA) is 54.0 Å². The lowest BCUT2D eigenvalue weighted by Gasteiger charge is -2.09. The summed E-state index contributed by atoms with van der Waals surface area (Å²) in [5.41, 5.74) is 2.30. The van der Waals surface area contributed by atoms with Crippen molar-refractivity contribution in [3.05, 3.63) is 83.6 Å². The Hall–Kier alpha value is -3.28. The Morgan fingerprint density at radius 3 is 2.50 bits per heavy atom. The fourth-order valence-electron chi connectivity index (χ4n) is 2.40. The third-order valence-corrected chi connectivity index (χ3v) is 3.84. The maximum atomic E-state index is 13.7. The van der Waals surface area contributed by atoms with Gasteiger partial charge in [0.2, 0.25) is 0 Å². The zero-order valence-corrected chi connectivity index (χ0v) is 14.1. The van der Waals surface area contributed by atoms with E-state index in [-0.39, 0.29) is 17.4 Å². The van der Waals surface area contributed by atoms with Crippen LogP contribution >= 0.6 is 0 Å². The minimum Gasteiger partial charge on any atom is -0.338 e. The predicted octanol–water partition coefficient (Wildman–Crippen LogP) is 4.92. The molecule has 0 atom stereocenters. The molecule has 0 saturated heterocycles. The summed E-state index contributed by atoms with van der Waals surface area (Å²) in [4.78, 5) is 16.5. The van der Waals surface area contributed by atoms with Crippen LogP contribution in [0, 0.1) is 11.6 Å². The highest BCUT2D eigenvalue weighted by Crippen LogP contribution is 2.20. The summed E-state index contributed by atoms with van der Waals surface area (Å²) in [5, 5.41) is 5.54. The zero-order valence-electron chi connectivity index (χ0n) is 14.1. The molecule has 3 rings (SSSR count). The van der Waals surface area contributed by atoms with Crippen LogP contribution in [0.5, 0.6) is 0 Å². The Morgan fingerprint density at radius 1 is 1.04 bits per heavy atom. The van der Waals surface area contributed by atoms with Crippen LogP contribution in [0.1, 0.15) is 22.8 Å². The first-order valence-electron chi connectivity index (χ1n) is 8.13. The molecule has 26 heavy (non-hydrogen) atoms. The Bertz CT molecular complexity index is 927. The molecule has 2 N–H and O–H groups in total. The minimum absolute atomic E-state index is 0.0756. The number of nitrogens with one attached hydrogen (secondary N) is 2. The van der Waals surface area contributed by atoms with Crippen molar-refractivity contribution in [2.45, 2.75) is 13.3 Å². The van der Waals surface area contributed by atoms with E-state index < -0.39 is 11.6 Å². The molecule has 132 valence electrons. The van der Waals surface area contributed by atoms with E-state index in [2.05, 4.69) is 22.5 Å². The second-order valence-corrected chi connectivity index (χ2v) is 5.68. The number of anilines is 3. The van der Waals surface area contributed by atoms with Crippen LogP contribution in [0.25, 0.3) is 0 Å². The molecule has 4 nitrogen and oxygen atoms in total. The van der Waals surface area contributed by atoms with Gasteiger partial charge in [-0.15, -0.1) is 0 Å². The molecule has 2 aromatic carbocycles. The summed E-state index contributed by atoms with van der Waals surface area (Å²) in [6, 6.07) is 13.8. The molecule has 1 amide bonds. The molecule has 0 aliphatic carbocycles. The van der Waals surface area contributed by atoms with Gasteiger partial charge in [-0.05, 0) is 48.4 Å². The SMILES string of the molecule is CCc1ccc(NC(=O)c2ccnc(Nc3ccc(F)cc3F)c2)cc1. The Morgan fingerprint density at radius 2 is 1.81 bits per heavy atom. The molecule has 6 heteroatoms. The molecule has 0 fully saturated rings. The number of carbonyl (C=O) groups is 1. The van der Waals surface area contributed by atoms with E-state index >= 15 is 0 Å². The first kappa shape index (κ1) is 17.5. The van der Waals surface area contributed by atoms with Gasteiger partial charge >= 0.3 is 0 Å². The average molecular weight is 353 g/mol. The monoisotopic (exact) mass is 353 g/mol. The molecule has 0 saturated carbocycles. The average Bonchev–Trinajstić information content (AvgIpc) is 2.65. The van der Waals surface area contributed by atoms with E-state index in [1.165, 1.54) is 23.9 Å². The zero-order chi connectivity index (χ0) is 18.5. The number of hydrogen-bond donors (Lipinski definition) is 2. The summed E-state index contributed by atoms with van der Waals surface area (Å²) >= 11 is 0. The highest BCUT2D eigenvalue weighted by atomic mass is 19.1. The third kappa shape index (κ3) is 4.22. The standard InChI is InChI=1S/C20H17F2N3O/c1-2-13-3-6-16(7-4-13)24-20(26)14-9-10-23-19(11-14)25-18-8-5-15(21)12-17(18)22/h3-12H,2H2,1H3,(H,23,25)(H,24,26). The summed E-state index contributed by atoms with van der Waals surface area (Å²) in [6.07, 6.45) is 2.37. The Labute approximate surface area is 149 Å². The van der Waals surface area contributed by atoms with Crippen molar-refractivity contribution in [2.24, 2.45) is 0 Å². The van der Waals surface area contributed by atoms with E-state index in [0.29, 0.717) is 11.3 Å². The van der Waals surface area contributed by atoms with Gasteiger partial charge in [-0.25, -0.2) is 13.8 Å². The number of rotatable bonds is 5. The van der Waals surface area contributed by atoms with Gasteiger partial charge in [-0.1, -0.05) is 19.1 Å². The van der Waals surface area contributed by atoms with Gasteiger partial charge in [-0.3, -0.25) is 4.79 Å². The second kappa shape index (κ2) is 7.74. The number of nitrogens with zero attached hydrogens (tertiary/aromatic N) is 1. The van der Waals surface area contributed by atoms with E-state index in [0.717, 1.165) is 18.6 Å². The molecular weight excluding hydrogens is 336 g/mol. The fourth-order valence-corrected chi connectivity index (χ4v) is 2.40. The van der Waals surface area contributed by atoms with Crippen LogP contribution in [-0.2, 0) is 6.42 Å². The highest BCUT2D eigenvalue weighted by Gasteiger charge is 2.09. The summed E-state index contributed by atoms with van der Waals surface area (Å²) in [7, 11) is 0. The van der Waals surface area contributed by atoms with Gasteiger partial charge in [-0.2, -0.15) is 0 Å². The second-order valence-electron chi connectivity index (χ2n) is 5.68. The molecule has 1 heterocycles. The summed E-state index contributed by atoms with van der Waals surface area (Å²) < 4.78 is 26.7. The van der Waals surface area contributed by atoms with E-state index in [9.17, 15) is 13.6 Å². The van der Waals surface area contributed by atoms with Gasteiger partial charge in [0, 0.05) is 23.5 Å². The molecule has 0 unspecified atom stereocenters. The van der Waals surface area contributed by atoms with Crippen molar-refractivity contribution in [1.29, 1.82) is 0 Å². The van der Waals surface area contributed by atoms with Crippen molar-refractivity contribution < 1.29 is 13.6 Å². The molecule has 0 bridgehead atoms. The predicted molar refractivity (Wildman–Crippen MR) is 97.7 cm³/mol. The lowest BCUT2D eigenvalue weighted by Crippen LogP contribution is -2.12. The number of amides is 1. The first-order valence-corrected chi connectivity index (χ1v) is 8.13. The van der Waals surface area contributed by atoms with Crippen molar-refractivity contribution in [2.75, 3.05) is 10.6 Å². The molecule has 0 spiro atoms. The Kier molecular flexibility index (Phi) is 5.22. The van der Waals surface area contributed by atoms with Crippen LogP contribution in [0.15, 0.2) is 60.8 Å². The van der Waals surface area contributed by atoms with Crippen LogP contribution in [0.2, 0.25) is 0 Å². The smallest absolute Gasteiger partial charge is 0.255 e. The number of benzene rings is 2. The highest BCUT2D eigenvalue weighted by molar-refractivity contribution is 6.04. The number of aryl methyl sites for hydroxylation is 1. The lowest BCUT2D eigenvalue weighted by molar-refractivity contribution is 0.102. The van der Waals surface area contributed by atoms with Gasteiger partial charge in [0.05, 0.1) is 5.69 Å². The first-order chi connectivity index (χ1) is 12.5. The molecule has 0 radical (unpaired) electrons. The minimum atomic E-state index is -0.738. The van der Waals surface area contributed by atoms with E-state index in [4.69, 9.17) is 0 Å². The van der Waals surface area contributed by atoms with Crippen molar-refractivity contribution >= 4 is 23.1 Å². The van der Waals surface area contributed by atoms with Crippen LogP contribution in [-0.4, -0.2) is 10.9 Å². The van der Waals surface area contributed by atoms with Crippen LogP contribution in [0.4, 0.5) is 26.0 Å². The van der Waals surface area contributed by atoms with Gasteiger partial charge < -0.3 is 10.6 Å². The number of aromatic nitrogens is 1. The largest absolute Gasteiger partial charge is 0.338 e. The maximum absolute atomic E-state index is 13.7. The fraction of sp³-hybridized carbons (Fsp3) is 0.100. The summed E-state index contributed by atoms with van der Waals surface area (Å²) in [6.45, 7) is 2.06. The quantitative estimate of drug-likeness (QED) is 0.685. The molecule has 3 aromatic rings. The Balaban J connectivity index is 1.74. The maximum Gasteiger partial charge on any atom is 0.255 e. The number of pyridine rings is 1. The number of hydrogen-bond acceptors (Lipinski definition) is 3. The van der Waals surface area contributed by atoms with Gasteiger partial charge in [0.15, 0.2) is 0 Å². The van der Waals surface area contributed by atoms with E-state index in [1.807, 2.05) is 24.3 Å². The van der Waals surface area contributed by atoms with Gasteiger partial charge in [0.25, 0.3) is 5.91 Å². The van der Waals surface area contributed by atoms with Crippen molar-refractivity contribution in [3.63, 3.8) is 0 Å². The molecule has 0 aliphatic rings. The third-order valence-electron chi connectivity index (χ3n) is 3.84. The molecule has 1 aromatic heterocycles. The summed E-state index contributed by atoms with van der Waals surface area (Å²) in [5.74, 6) is -1.43. The number of halogens is 2. The normalized spacial score (nSPS) is 10.4. The van der Waals surface area contributed by atoms with Crippen LogP contribution in [0.3, 0.4) is 0 Å². The van der Waals surface area contributed by atoms with Crippen LogP contribution < -0.4 is 10.6 Å². The van der Waals surface area contributed by atoms with Crippen molar-refractivity contribution in [1.82, 2.24) is 4.98 Å². The van der Waals surface area contributed by atoms with E-state index in [1.54, 1.807) is 6.07 Å². The lowest BCUT2D eigenvalue weighted by atomic mass is 10.1. The molecular formula is C20H17F2N3O.